The predicted molar refractivity (Wildman–Crippen MR) is 65.5 cm³/mol. The average Bonchev–Trinajstić information content (AvgIpc) is 2.38. The summed E-state index contributed by atoms with van der Waals surface area (Å²) in [5, 5.41) is 13.9. The topological polar surface area (TPSA) is 83.5 Å². The molecule has 18 heavy (non-hydrogen) atoms. The number of benzene rings is 1. The van der Waals surface area contributed by atoms with E-state index in [-0.39, 0.29) is 18.5 Å². The Kier molecular flexibility index (Phi) is 3.73. The molecular formula is C11H14N2O4P+. The van der Waals surface area contributed by atoms with E-state index in [9.17, 15) is 9.46 Å². The molecular weight excluding hydrogens is 255 g/mol. The van der Waals surface area contributed by atoms with Crippen molar-refractivity contribution in [2.45, 2.75) is 6.54 Å². The minimum absolute atomic E-state index is 0.0990. The number of rotatable bonds is 4. The molecule has 6 nitrogen and oxygen atoms in total. The largest absolute Gasteiger partial charge is 0.390 e. The minimum Gasteiger partial charge on any atom is -0.390 e. The zero-order valence-electron chi connectivity index (χ0n) is 9.85. The first kappa shape index (κ1) is 13.1. The van der Waals surface area contributed by atoms with E-state index in [2.05, 4.69) is 9.62 Å². The smallest absolute Gasteiger partial charge is 0.365 e. The molecule has 96 valence electrons. The van der Waals surface area contributed by atoms with Gasteiger partial charge in [-0.2, -0.15) is 0 Å². The molecule has 0 aliphatic heterocycles. The van der Waals surface area contributed by atoms with Crippen LogP contribution in [0.4, 0.5) is 0 Å². The Morgan fingerprint density at radius 1 is 1.44 bits per heavy atom. The van der Waals surface area contributed by atoms with Crippen LogP contribution in [0, 0.1) is 0 Å². The maximum Gasteiger partial charge on any atom is 0.365 e. The first-order chi connectivity index (χ1) is 8.58. The summed E-state index contributed by atoms with van der Waals surface area (Å²) in [5.74, 6) is 0. The lowest BCUT2D eigenvalue weighted by atomic mass is 10.2. The van der Waals surface area contributed by atoms with E-state index in [4.69, 9.17) is 5.11 Å². The highest BCUT2D eigenvalue weighted by Gasteiger charge is 2.28. The molecule has 0 saturated carbocycles. The van der Waals surface area contributed by atoms with E-state index < -0.39 is 7.60 Å². The number of fused-ring (bicyclic) bond motifs is 1. The van der Waals surface area contributed by atoms with Gasteiger partial charge in [0.2, 0.25) is 6.20 Å². The van der Waals surface area contributed by atoms with Crippen molar-refractivity contribution in [2.75, 3.05) is 13.7 Å². The summed E-state index contributed by atoms with van der Waals surface area (Å²) in [5.41, 5.74) is 0.578. The summed E-state index contributed by atoms with van der Waals surface area (Å²) in [6, 6.07) is 7.00. The number of nitrogens with zero attached hydrogens (tertiary/aromatic N) is 2. The molecule has 1 heterocycles. The molecule has 0 bridgehead atoms. The zero-order valence-corrected chi connectivity index (χ0v) is 10.7. The van der Waals surface area contributed by atoms with Crippen LogP contribution in [0.3, 0.4) is 0 Å². The van der Waals surface area contributed by atoms with Crippen molar-refractivity contribution in [3.63, 3.8) is 0 Å². The van der Waals surface area contributed by atoms with Gasteiger partial charge in [-0.25, -0.2) is 0 Å². The summed E-state index contributed by atoms with van der Waals surface area (Å²) in [6.45, 7) is 0.152. The van der Waals surface area contributed by atoms with Crippen LogP contribution in [0.5, 0.6) is 0 Å². The Bertz CT molecular complexity index is 617. The van der Waals surface area contributed by atoms with Gasteiger partial charge in [-0.05, 0) is 6.07 Å². The molecule has 1 aromatic heterocycles. The molecule has 1 aromatic carbocycles. The second-order valence-corrected chi connectivity index (χ2v) is 5.61. The van der Waals surface area contributed by atoms with Crippen LogP contribution < -0.4 is 9.99 Å². The van der Waals surface area contributed by atoms with Crippen molar-refractivity contribution >= 4 is 23.8 Å². The molecule has 2 rings (SSSR count). The van der Waals surface area contributed by atoms with Gasteiger partial charge in [0.05, 0.1) is 0 Å². The van der Waals surface area contributed by atoms with E-state index in [1.165, 1.54) is 18.0 Å². The van der Waals surface area contributed by atoms with Gasteiger partial charge < -0.3 is 14.5 Å². The number of aliphatic hydroxyl groups is 1. The van der Waals surface area contributed by atoms with Crippen molar-refractivity contribution < 1.29 is 23.8 Å². The van der Waals surface area contributed by atoms with Gasteiger partial charge in [-0.3, -0.25) is 4.57 Å². The van der Waals surface area contributed by atoms with Crippen LogP contribution in [-0.2, 0) is 15.6 Å². The van der Waals surface area contributed by atoms with Crippen molar-refractivity contribution in [2.24, 2.45) is 0 Å². The van der Waals surface area contributed by atoms with Crippen molar-refractivity contribution in [3.8, 4) is 0 Å². The van der Waals surface area contributed by atoms with E-state index in [1.807, 2.05) is 0 Å². The summed E-state index contributed by atoms with van der Waals surface area (Å²) in [7, 11) is -2.68. The molecule has 2 N–H and O–H groups in total. The van der Waals surface area contributed by atoms with Crippen LogP contribution in [0.2, 0.25) is 0 Å². The lowest BCUT2D eigenvalue weighted by molar-refractivity contribution is -0.751. The molecule has 0 fully saturated rings. The third-order valence-electron chi connectivity index (χ3n) is 2.57. The minimum atomic E-state index is -3.86. The molecule has 2 aromatic rings. The van der Waals surface area contributed by atoms with Crippen LogP contribution >= 0.6 is 7.60 Å². The normalized spacial score (nSPS) is 14.6. The second kappa shape index (κ2) is 5.12. The molecule has 0 saturated heterocycles. The summed E-state index contributed by atoms with van der Waals surface area (Å²) >= 11 is 0. The number of hydrogen-bond donors (Lipinski definition) is 2. The maximum absolute atomic E-state index is 12.0. The van der Waals surface area contributed by atoms with Gasteiger partial charge in [0.1, 0.15) is 17.4 Å². The van der Waals surface area contributed by atoms with E-state index in [1.54, 1.807) is 24.3 Å². The molecule has 1 unspecified atom stereocenters. The molecule has 0 spiro atoms. The predicted octanol–water partition coefficient (Wildman–Crippen LogP) is -0.0283. The molecule has 0 aliphatic rings. The Labute approximate surface area is 104 Å². The highest BCUT2D eigenvalue weighted by atomic mass is 31.2. The van der Waals surface area contributed by atoms with Crippen molar-refractivity contribution in [3.05, 3.63) is 30.5 Å². The van der Waals surface area contributed by atoms with E-state index in [0.717, 1.165) is 0 Å². The van der Waals surface area contributed by atoms with E-state index >= 15 is 0 Å². The fraction of sp³-hybridized carbons (Fsp3) is 0.273. The molecule has 7 heteroatoms. The Hall–Kier alpha value is -1.33. The number of aromatic nitrogens is 2. The molecule has 0 radical (unpaired) electrons. The number of aliphatic hydroxyl groups excluding tert-OH is 1. The quantitative estimate of drug-likeness (QED) is 0.601. The first-order valence-corrected chi connectivity index (χ1v) is 6.95. The highest BCUT2D eigenvalue weighted by Crippen LogP contribution is 2.40. The SMILES string of the molecule is COP(=O)(O)c1c[n+](CCO)nc2ccccc12. The van der Waals surface area contributed by atoms with Crippen molar-refractivity contribution in [1.29, 1.82) is 0 Å². The number of hydrogen-bond acceptors (Lipinski definition) is 4. The van der Waals surface area contributed by atoms with Gasteiger partial charge in [0.25, 0.3) is 0 Å². The fourth-order valence-corrected chi connectivity index (χ4v) is 2.67. The van der Waals surface area contributed by atoms with Gasteiger partial charge in [0, 0.05) is 17.6 Å². The molecule has 0 amide bonds. The average molecular weight is 269 g/mol. The summed E-state index contributed by atoms with van der Waals surface area (Å²) < 4.78 is 18.1. The second-order valence-electron chi connectivity index (χ2n) is 3.72. The monoisotopic (exact) mass is 269 g/mol. The van der Waals surface area contributed by atoms with Crippen LogP contribution in [0.15, 0.2) is 30.5 Å². The summed E-state index contributed by atoms with van der Waals surface area (Å²) in [6.07, 6.45) is 1.43. The highest BCUT2D eigenvalue weighted by molar-refractivity contribution is 7.61. The summed E-state index contributed by atoms with van der Waals surface area (Å²) in [4.78, 5) is 9.81. The maximum atomic E-state index is 12.0. The Balaban J connectivity index is 2.72. The fourth-order valence-electron chi connectivity index (χ4n) is 1.70. The Morgan fingerprint density at radius 3 is 2.83 bits per heavy atom. The van der Waals surface area contributed by atoms with E-state index in [0.29, 0.717) is 10.9 Å². The molecule has 0 aliphatic carbocycles. The van der Waals surface area contributed by atoms with Crippen molar-refractivity contribution in [1.82, 2.24) is 5.10 Å². The Morgan fingerprint density at radius 2 is 2.17 bits per heavy atom. The van der Waals surface area contributed by atoms with Gasteiger partial charge >= 0.3 is 7.60 Å². The van der Waals surface area contributed by atoms with Gasteiger partial charge in [-0.1, -0.05) is 22.9 Å². The van der Waals surface area contributed by atoms with Gasteiger partial charge in [-0.15, -0.1) is 0 Å². The zero-order chi connectivity index (χ0) is 13.2. The van der Waals surface area contributed by atoms with Gasteiger partial charge in [0.15, 0.2) is 6.54 Å². The third-order valence-corrected chi connectivity index (χ3v) is 4.03. The standard InChI is InChI=1S/C11H13N2O4P/c1-17-18(15,16)11-8-13(6-7-14)12-10-5-3-2-4-9(10)11/h2-5,8,14H,6-7H2,1H3/p+1. The van der Waals surface area contributed by atoms with Crippen LogP contribution in [-0.4, -0.2) is 28.8 Å². The van der Waals surface area contributed by atoms with Crippen LogP contribution in [0.1, 0.15) is 0 Å². The first-order valence-electron chi connectivity index (χ1n) is 5.38. The molecule has 1 atom stereocenters. The van der Waals surface area contributed by atoms with Crippen LogP contribution in [0.25, 0.3) is 10.9 Å². The third kappa shape index (κ3) is 2.42. The lowest BCUT2D eigenvalue weighted by Gasteiger charge is -2.09. The lowest BCUT2D eigenvalue weighted by Crippen LogP contribution is -2.42.